The van der Waals surface area contributed by atoms with E-state index < -0.39 is 5.41 Å². The van der Waals surface area contributed by atoms with Crippen molar-refractivity contribution in [1.29, 1.82) is 0 Å². The van der Waals surface area contributed by atoms with Crippen LogP contribution in [0.5, 0.6) is 0 Å². The molecule has 0 saturated heterocycles. The molecule has 3 aliphatic rings. The zero-order valence-electron chi connectivity index (χ0n) is 32.4. The van der Waals surface area contributed by atoms with Gasteiger partial charge in [0.15, 0.2) is 0 Å². The predicted octanol–water partition coefficient (Wildman–Crippen LogP) is 14.4. The van der Waals surface area contributed by atoms with Gasteiger partial charge in [-0.2, -0.15) is 0 Å². The highest BCUT2D eigenvalue weighted by Crippen LogP contribution is 2.63. The third-order valence-corrected chi connectivity index (χ3v) is 13.7. The Labute approximate surface area is 337 Å². The molecule has 0 unspecified atom stereocenters. The van der Waals surface area contributed by atoms with E-state index in [0.29, 0.717) is 0 Å². The van der Waals surface area contributed by atoms with E-state index in [1.165, 1.54) is 93.9 Å². The van der Waals surface area contributed by atoms with Crippen LogP contribution in [0.4, 0.5) is 17.1 Å². The Morgan fingerprint density at radius 1 is 0.379 bits per heavy atom. The fraction of sp³-hybridized carbons (Fsp3) is 0.0714. The lowest BCUT2D eigenvalue weighted by Gasteiger charge is -2.39. The summed E-state index contributed by atoms with van der Waals surface area (Å²) in [4.78, 5) is 2.42. The molecule has 9 aromatic carbocycles. The van der Waals surface area contributed by atoms with Gasteiger partial charge in [0, 0.05) is 38.8 Å². The molecule has 0 aliphatic heterocycles. The molecule has 13 rings (SSSR count). The van der Waals surface area contributed by atoms with Crippen LogP contribution in [-0.2, 0) is 10.8 Å². The van der Waals surface area contributed by atoms with Crippen LogP contribution in [0.25, 0.3) is 60.5 Å². The van der Waals surface area contributed by atoms with Crippen molar-refractivity contribution in [2.75, 3.05) is 4.90 Å². The van der Waals surface area contributed by atoms with E-state index in [-0.39, 0.29) is 5.41 Å². The van der Waals surface area contributed by atoms with Gasteiger partial charge in [0.1, 0.15) is 0 Å². The molecule has 1 aromatic heterocycles. The Hall–Kier alpha value is -7.16. The van der Waals surface area contributed by atoms with Gasteiger partial charge in [0.05, 0.1) is 22.1 Å². The number of hydrogen-bond donors (Lipinski definition) is 0. The Morgan fingerprint density at radius 3 is 1.62 bits per heavy atom. The Kier molecular flexibility index (Phi) is 6.20. The maximum Gasteiger partial charge on any atom is 0.0727 e. The summed E-state index contributed by atoms with van der Waals surface area (Å²) >= 11 is 0. The highest BCUT2D eigenvalue weighted by Gasteiger charge is 2.50. The van der Waals surface area contributed by atoms with E-state index >= 15 is 0 Å². The molecule has 0 radical (unpaired) electrons. The van der Waals surface area contributed by atoms with Crippen LogP contribution in [0.1, 0.15) is 47.2 Å². The number of benzene rings is 9. The molecule has 0 atom stereocenters. The van der Waals surface area contributed by atoms with Gasteiger partial charge in [0.25, 0.3) is 0 Å². The lowest BCUT2D eigenvalue weighted by molar-refractivity contribution is 0.660. The Morgan fingerprint density at radius 2 is 0.931 bits per heavy atom. The summed E-state index contributed by atoms with van der Waals surface area (Å²) in [5.74, 6) is 0. The first-order valence-electron chi connectivity index (χ1n) is 20.4. The zero-order chi connectivity index (χ0) is 38.3. The van der Waals surface area contributed by atoms with Crippen molar-refractivity contribution in [3.05, 3.63) is 228 Å². The summed E-state index contributed by atoms with van der Waals surface area (Å²) in [5, 5.41) is 5.27. The normalized spacial score (nSPS) is 14.7. The average Bonchev–Trinajstić information content (AvgIpc) is 3.86. The topological polar surface area (TPSA) is 8.17 Å². The molecule has 0 amide bonds. The second-order valence-corrected chi connectivity index (χ2v) is 16.8. The van der Waals surface area contributed by atoms with Crippen molar-refractivity contribution in [2.24, 2.45) is 0 Å². The van der Waals surface area contributed by atoms with Crippen LogP contribution in [-0.4, -0.2) is 4.57 Å². The van der Waals surface area contributed by atoms with Crippen LogP contribution in [0.3, 0.4) is 0 Å². The number of hydrogen-bond acceptors (Lipinski definition) is 1. The van der Waals surface area contributed by atoms with Crippen molar-refractivity contribution >= 4 is 49.6 Å². The summed E-state index contributed by atoms with van der Waals surface area (Å²) in [6, 6.07) is 72.8. The molecule has 0 fully saturated rings. The molecule has 2 heteroatoms. The van der Waals surface area contributed by atoms with Gasteiger partial charge in [-0.3, -0.25) is 0 Å². The largest absolute Gasteiger partial charge is 0.310 e. The Bertz CT molecular complexity index is 3280. The maximum absolute atomic E-state index is 2.59. The van der Waals surface area contributed by atoms with Crippen LogP contribution in [0.15, 0.2) is 194 Å². The monoisotopic (exact) mass is 738 g/mol. The summed E-state index contributed by atoms with van der Waals surface area (Å²) in [6.45, 7) is 4.76. The molecule has 1 heterocycles. The maximum atomic E-state index is 2.59. The van der Waals surface area contributed by atoms with Gasteiger partial charge in [-0.1, -0.05) is 153 Å². The van der Waals surface area contributed by atoms with Gasteiger partial charge in [-0.15, -0.1) is 0 Å². The molecular weight excluding hydrogens is 701 g/mol. The fourth-order valence-corrected chi connectivity index (χ4v) is 11.5. The van der Waals surface area contributed by atoms with E-state index in [9.17, 15) is 0 Å². The molecule has 58 heavy (non-hydrogen) atoms. The summed E-state index contributed by atoms with van der Waals surface area (Å²) in [6.07, 6.45) is 0. The lowest BCUT2D eigenvalue weighted by Crippen LogP contribution is -2.31. The first-order chi connectivity index (χ1) is 28.6. The number of para-hydroxylation sites is 2. The molecule has 1 spiro atoms. The molecule has 3 aliphatic carbocycles. The zero-order valence-corrected chi connectivity index (χ0v) is 32.4. The van der Waals surface area contributed by atoms with Crippen molar-refractivity contribution < 1.29 is 0 Å². The Balaban J connectivity index is 1.22. The molecule has 10 aromatic rings. The quantitative estimate of drug-likeness (QED) is 0.175. The van der Waals surface area contributed by atoms with Gasteiger partial charge in [0.2, 0.25) is 0 Å². The van der Waals surface area contributed by atoms with Crippen LogP contribution >= 0.6 is 0 Å². The van der Waals surface area contributed by atoms with E-state index in [4.69, 9.17) is 0 Å². The van der Waals surface area contributed by atoms with Gasteiger partial charge >= 0.3 is 0 Å². The van der Waals surface area contributed by atoms with Crippen LogP contribution < -0.4 is 4.90 Å². The SMILES string of the molecule is CC1(C)c2ccccc2-c2c(-n3c4cccc5c4c4c6c(cc(N(c7ccccc7)c7ccccc7)cc6ccc43)C53c4ccccc4-c4ccccc43)cccc21. The van der Waals surface area contributed by atoms with Crippen molar-refractivity contribution in [1.82, 2.24) is 4.57 Å². The van der Waals surface area contributed by atoms with E-state index in [0.717, 1.165) is 17.1 Å². The number of fused-ring (bicyclic) bond motifs is 10. The number of nitrogens with zero attached hydrogens (tertiary/aromatic N) is 2. The standard InChI is InChI=1S/C56H38N2/c1-55(2)42-24-12-11-23-41(42)52-45(55)27-15-29-48(52)58-49-30-16-28-46-53(49)54-50(58)32-31-35-33-38(57(36-17-5-3-6-18-36)37-19-7-4-8-20-37)34-47(51(35)54)56(46)43-25-13-9-21-39(43)40-22-10-14-26-44(40)56/h3-34H,1-2H3. The highest BCUT2D eigenvalue weighted by atomic mass is 15.1. The van der Waals surface area contributed by atoms with E-state index in [2.05, 4.69) is 217 Å². The minimum Gasteiger partial charge on any atom is -0.310 e. The smallest absolute Gasteiger partial charge is 0.0727 e. The number of rotatable bonds is 4. The number of aromatic nitrogens is 1. The third-order valence-electron chi connectivity index (χ3n) is 13.7. The fourth-order valence-electron chi connectivity index (χ4n) is 11.5. The van der Waals surface area contributed by atoms with Gasteiger partial charge in [-0.25, -0.2) is 0 Å². The summed E-state index contributed by atoms with van der Waals surface area (Å²) < 4.78 is 2.59. The van der Waals surface area contributed by atoms with Crippen molar-refractivity contribution in [2.45, 2.75) is 24.7 Å². The molecular formula is C56H38N2. The van der Waals surface area contributed by atoms with E-state index in [1.807, 2.05) is 0 Å². The summed E-state index contributed by atoms with van der Waals surface area (Å²) in [5.41, 5.74) is 20.0. The van der Waals surface area contributed by atoms with Gasteiger partial charge < -0.3 is 9.47 Å². The molecule has 0 saturated carbocycles. The average molecular weight is 739 g/mol. The highest BCUT2D eigenvalue weighted by molar-refractivity contribution is 6.27. The van der Waals surface area contributed by atoms with E-state index in [1.54, 1.807) is 0 Å². The minimum atomic E-state index is -0.541. The second-order valence-electron chi connectivity index (χ2n) is 16.8. The first-order valence-corrected chi connectivity index (χ1v) is 20.4. The van der Waals surface area contributed by atoms with Gasteiger partial charge in [-0.05, 0) is 115 Å². The van der Waals surface area contributed by atoms with Crippen molar-refractivity contribution in [3.8, 4) is 27.9 Å². The molecule has 2 nitrogen and oxygen atoms in total. The second kappa shape index (κ2) is 11.2. The predicted molar refractivity (Wildman–Crippen MR) is 241 cm³/mol. The minimum absolute atomic E-state index is 0.0964. The van der Waals surface area contributed by atoms with Crippen molar-refractivity contribution in [3.63, 3.8) is 0 Å². The molecule has 0 N–H and O–H groups in total. The third kappa shape index (κ3) is 3.83. The number of anilines is 3. The van der Waals surface area contributed by atoms with Crippen LogP contribution in [0.2, 0.25) is 0 Å². The lowest BCUT2D eigenvalue weighted by atomic mass is 9.63. The molecule has 0 bridgehead atoms. The summed E-state index contributed by atoms with van der Waals surface area (Å²) in [7, 11) is 0. The van der Waals surface area contributed by atoms with Crippen LogP contribution in [0, 0.1) is 0 Å². The molecule has 272 valence electrons. The first kappa shape index (κ1) is 32.0.